The van der Waals surface area contributed by atoms with Gasteiger partial charge in [-0.3, -0.25) is 4.79 Å². The Balaban J connectivity index is 1.38. The summed E-state index contributed by atoms with van der Waals surface area (Å²) in [5.41, 5.74) is 0.931. The number of ether oxygens (including phenoxy) is 1. The molecule has 0 aliphatic heterocycles. The van der Waals surface area contributed by atoms with Crippen LogP contribution in [0.15, 0.2) is 47.8 Å². The van der Waals surface area contributed by atoms with Crippen molar-refractivity contribution in [2.45, 2.75) is 44.3 Å². The number of benzene rings is 1. The maximum atomic E-state index is 12.3. The average molecular weight is 415 g/mol. The van der Waals surface area contributed by atoms with E-state index in [9.17, 15) is 4.79 Å². The summed E-state index contributed by atoms with van der Waals surface area (Å²) in [5.74, 6) is 1.28. The van der Waals surface area contributed by atoms with Crippen LogP contribution in [0.3, 0.4) is 0 Å². The van der Waals surface area contributed by atoms with Crippen molar-refractivity contribution in [1.29, 1.82) is 0 Å². The first kappa shape index (κ1) is 19.6. The molecule has 0 amide bonds. The fourth-order valence-electron chi connectivity index (χ4n) is 3.75. The third-order valence-corrected chi connectivity index (χ3v) is 5.78. The minimum atomic E-state index is -0.0894. The van der Waals surface area contributed by atoms with E-state index < -0.39 is 0 Å². The van der Waals surface area contributed by atoms with E-state index in [4.69, 9.17) is 16.3 Å². The molecule has 2 aromatic heterocycles. The maximum absolute atomic E-state index is 12.3. The van der Waals surface area contributed by atoms with Crippen molar-refractivity contribution in [1.82, 2.24) is 29.9 Å². The first-order chi connectivity index (χ1) is 14.2. The molecular weight excluding hydrogens is 392 g/mol. The molecule has 1 aliphatic rings. The second-order valence-corrected chi connectivity index (χ2v) is 7.51. The zero-order valence-electron chi connectivity index (χ0n) is 16.2. The molecule has 29 heavy (non-hydrogen) atoms. The van der Waals surface area contributed by atoms with Crippen LogP contribution in [-0.4, -0.2) is 37.7 Å². The predicted molar refractivity (Wildman–Crippen MR) is 110 cm³/mol. The van der Waals surface area contributed by atoms with E-state index in [2.05, 4.69) is 20.5 Å². The number of nitrogens with zero attached hydrogens (tertiary/aromatic N) is 5. The summed E-state index contributed by atoms with van der Waals surface area (Å²) in [4.78, 5) is 16.3. The van der Waals surface area contributed by atoms with E-state index in [1.54, 1.807) is 34.9 Å². The van der Waals surface area contributed by atoms with Crippen molar-refractivity contribution in [3.05, 3.63) is 63.9 Å². The van der Waals surface area contributed by atoms with Crippen LogP contribution in [0.25, 0.3) is 5.82 Å². The molecule has 0 radical (unpaired) electrons. The van der Waals surface area contributed by atoms with Crippen molar-refractivity contribution in [3.8, 4) is 11.6 Å². The summed E-state index contributed by atoms with van der Waals surface area (Å²) in [6.07, 6.45) is 6.72. The van der Waals surface area contributed by atoms with Crippen LogP contribution in [-0.2, 0) is 6.54 Å². The molecule has 0 unspecified atom stereocenters. The SMILES string of the molecule is COc1cccc(CNC2CCC(n3nc(-n4cncn4)ccc3=O)CC2)c1Cl. The zero-order chi connectivity index (χ0) is 20.2. The Morgan fingerprint density at radius 1 is 1.21 bits per heavy atom. The molecule has 0 bridgehead atoms. The first-order valence-electron chi connectivity index (χ1n) is 9.65. The van der Waals surface area contributed by atoms with Crippen molar-refractivity contribution in [3.63, 3.8) is 0 Å². The molecule has 1 saturated carbocycles. The van der Waals surface area contributed by atoms with Crippen LogP contribution in [0.1, 0.15) is 37.3 Å². The second-order valence-electron chi connectivity index (χ2n) is 7.13. The molecule has 2 heterocycles. The summed E-state index contributed by atoms with van der Waals surface area (Å²) in [7, 11) is 1.62. The van der Waals surface area contributed by atoms with E-state index >= 15 is 0 Å². The fraction of sp³-hybridized carbons (Fsp3) is 0.400. The van der Waals surface area contributed by atoms with Gasteiger partial charge in [-0.15, -0.1) is 5.10 Å². The molecule has 1 fully saturated rings. The lowest BCUT2D eigenvalue weighted by Gasteiger charge is -2.30. The van der Waals surface area contributed by atoms with Crippen LogP contribution >= 0.6 is 11.6 Å². The highest BCUT2D eigenvalue weighted by Crippen LogP contribution is 2.30. The summed E-state index contributed by atoms with van der Waals surface area (Å²) in [6.45, 7) is 0.686. The number of hydrogen-bond acceptors (Lipinski definition) is 6. The van der Waals surface area contributed by atoms with Gasteiger partial charge in [-0.1, -0.05) is 23.7 Å². The van der Waals surface area contributed by atoms with Crippen molar-refractivity contribution in [2.75, 3.05) is 7.11 Å². The number of rotatable bonds is 6. The number of nitrogens with one attached hydrogen (secondary N) is 1. The number of hydrogen-bond donors (Lipinski definition) is 1. The molecule has 8 nitrogen and oxygen atoms in total. The standard InChI is InChI=1S/C20H23ClN6O2/c1-29-17-4-2-3-14(20(17)21)11-23-15-5-7-16(8-6-15)27-19(28)10-9-18(25-27)26-13-22-12-24-26/h2-4,9-10,12-13,15-16,23H,5-8,11H2,1H3. The van der Waals surface area contributed by atoms with Gasteiger partial charge in [0.2, 0.25) is 0 Å². The van der Waals surface area contributed by atoms with E-state index in [0.717, 1.165) is 31.2 Å². The van der Waals surface area contributed by atoms with Crippen LogP contribution < -0.4 is 15.6 Å². The third-order valence-electron chi connectivity index (χ3n) is 5.35. The summed E-state index contributed by atoms with van der Waals surface area (Å²) in [6, 6.07) is 9.47. The average Bonchev–Trinajstić information content (AvgIpc) is 3.29. The molecule has 4 rings (SSSR count). The van der Waals surface area contributed by atoms with E-state index in [-0.39, 0.29) is 11.6 Å². The highest BCUT2D eigenvalue weighted by Gasteiger charge is 2.24. The lowest BCUT2D eigenvalue weighted by atomic mass is 9.91. The van der Waals surface area contributed by atoms with Crippen LogP contribution in [0.2, 0.25) is 5.02 Å². The summed E-state index contributed by atoms with van der Waals surface area (Å²) >= 11 is 6.38. The topological polar surface area (TPSA) is 86.9 Å². The number of methoxy groups -OCH3 is 1. The highest BCUT2D eigenvalue weighted by atomic mass is 35.5. The maximum Gasteiger partial charge on any atom is 0.267 e. The monoisotopic (exact) mass is 414 g/mol. The van der Waals surface area contributed by atoms with Gasteiger partial charge >= 0.3 is 0 Å². The zero-order valence-corrected chi connectivity index (χ0v) is 16.9. The van der Waals surface area contributed by atoms with Crippen molar-refractivity contribution >= 4 is 11.6 Å². The van der Waals surface area contributed by atoms with Gasteiger partial charge in [-0.05, 0) is 43.4 Å². The quantitative estimate of drug-likeness (QED) is 0.667. The first-order valence-corrected chi connectivity index (χ1v) is 10.0. The Hall–Kier alpha value is -2.71. The van der Waals surface area contributed by atoms with Crippen molar-refractivity contribution in [2.24, 2.45) is 0 Å². The van der Waals surface area contributed by atoms with Gasteiger partial charge in [-0.25, -0.2) is 14.3 Å². The summed E-state index contributed by atoms with van der Waals surface area (Å²) < 4.78 is 8.43. The molecular formula is C20H23ClN6O2. The van der Waals surface area contributed by atoms with Gasteiger partial charge in [0.25, 0.3) is 5.56 Å². The molecule has 1 N–H and O–H groups in total. The van der Waals surface area contributed by atoms with Gasteiger partial charge in [0, 0.05) is 18.7 Å². The summed E-state index contributed by atoms with van der Waals surface area (Å²) in [5, 5.41) is 12.8. The normalized spacial score (nSPS) is 19.2. The third kappa shape index (κ3) is 4.33. The van der Waals surface area contributed by atoms with Gasteiger partial charge < -0.3 is 10.1 Å². The Labute approximate surface area is 173 Å². The molecule has 0 spiro atoms. The van der Waals surface area contributed by atoms with Gasteiger partial charge in [0.15, 0.2) is 5.82 Å². The molecule has 0 saturated heterocycles. The number of halogens is 1. The van der Waals surface area contributed by atoms with Gasteiger partial charge in [0.1, 0.15) is 18.4 Å². The molecule has 0 atom stereocenters. The Bertz CT molecular complexity index is 1010. The van der Waals surface area contributed by atoms with E-state index in [0.29, 0.717) is 29.2 Å². The highest BCUT2D eigenvalue weighted by molar-refractivity contribution is 6.32. The van der Waals surface area contributed by atoms with E-state index in [1.807, 2.05) is 18.2 Å². The van der Waals surface area contributed by atoms with Crippen LogP contribution in [0.4, 0.5) is 0 Å². The second kappa shape index (κ2) is 8.75. The van der Waals surface area contributed by atoms with Gasteiger partial charge in [0.05, 0.1) is 18.2 Å². The van der Waals surface area contributed by atoms with Gasteiger partial charge in [-0.2, -0.15) is 5.10 Å². The smallest absolute Gasteiger partial charge is 0.267 e. The number of aromatic nitrogens is 5. The fourth-order valence-corrected chi connectivity index (χ4v) is 4.02. The van der Waals surface area contributed by atoms with Crippen LogP contribution in [0, 0.1) is 0 Å². The minimum absolute atomic E-state index is 0.0874. The largest absolute Gasteiger partial charge is 0.495 e. The minimum Gasteiger partial charge on any atom is -0.495 e. The Morgan fingerprint density at radius 3 is 2.76 bits per heavy atom. The Kier molecular flexibility index (Phi) is 5.92. The molecule has 9 heteroatoms. The predicted octanol–water partition coefficient (Wildman–Crippen LogP) is 2.76. The molecule has 3 aromatic rings. The lowest BCUT2D eigenvalue weighted by molar-refractivity contribution is 0.268. The van der Waals surface area contributed by atoms with E-state index in [1.165, 1.54) is 6.33 Å². The Morgan fingerprint density at radius 2 is 2.03 bits per heavy atom. The molecule has 1 aromatic carbocycles. The molecule has 152 valence electrons. The van der Waals surface area contributed by atoms with Crippen LogP contribution in [0.5, 0.6) is 5.75 Å². The lowest BCUT2D eigenvalue weighted by Crippen LogP contribution is -2.36. The molecule has 1 aliphatic carbocycles. The van der Waals surface area contributed by atoms with Crippen molar-refractivity contribution < 1.29 is 4.74 Å².